The quantitative estimate of drug-likeness (QED) is 0.441. The van der Waals surface area contributed by atoms with Crippen molar-refractivity contribution in [3.63, 3.8) is 0 Å². The lowest BCUT2D eigenvalue weighted by Crippen LogP contribution is -2.44. The van der Waals surface area contributed by atoms with Crippen LogP contribution in [0.15, 0.2) is 23.8 Å². The van der Waals surface area contributed by atoms with Gasteiger partial charge in [-0.05, 0) is 132 Å². The maximum Gasteiger partial charge on any atom is 0.0101 e. The molecule has 1 unspecified atom stereocenters. The molecule has 0 bridgehead atoms. The van der Waals surface area contributed by atoms with E-state index in [9.17, 15) is 0 Å². The lowest BCUT2D eigenvalue weighted by Gasteiger charge is -2.43. The molecule has 1 heterocycles. The first-order chi connectivity index (χ1) is 14.2. The molecule has 4 fully saturated rings. The van der Waals surface area contributed by atoms with Gasteiger partial charge in [0.1, 0.15) is 0 Å². The van der Waals surface area contributed by atoms with Crippen LogP contribution >= 0.6 is 0 Å². The molecule has 0 aromatic heterocycles. The number of allylic oxidation sites excluding steroid dienone is 4. The van der Waals surface area contributed by atoms with Gasteiger partial charge in [-0.1, -0.05) is 36.6 Å². The van der Waals surface area contributed by atoms with E-state index < -0.39 is 0 Å². The van der Waals surface area contributed by atoms with Crippen molar-refractivity contribution < 1.29 is 0 Å². The van der Waals surface area contributed by atoms with Gasteiger partial charge in [0.25, 0.3) is 0 Å². The number of rotatable bonds is 2. The van der Waals surface area contributed by atoms with Crippen LogP contribution in [0.2, 0.25) is 0 Å². The van der Waals surface area contributed by atoms with Crippen LogP contribution < -0.4 is 0 Å². The number of likely N-dealkylation sites (tertiary alicyclic amines) is 1. The van der Waals surface area contributed by atoms with Gasteiger partial charge < -0.3 is 4.90 Å². The van der Waals surface area contributed by atoms with Crippen molar-refractivity contribution in [1.29, 1.82) is 0 Å². The summed E-state index contributed by atoms with van der Waals surface area (Å²) in [5.41, 5.74) is 4.02. The van der Waals surface area contributed by atoms with Gasteiger partial charge in [0, 0.05) is 6.04 Å². The number of piperidine rings is 1. The second-order valence-corrected chi connectivity index (χ2v) is 12.5. The second-order valence-electron chi connectivity index (χ2n) is 12.5. The number of hydrogen-bond acceptors (Lipinski definition) is 1. The Labute approximate surface area is 179 Å². The highest BCUT2D eigenvalue weighted by molar-refractivity contribution is 5.23. The Morgan fingerprint density at radius 1 is 0.690 bits per heavy atom. The summed E-state index contributed by atoms with van der Waals surface area (Å²) in [6.07, 6.45) is 32.9. The molecule has 0 amide bonds. The summed E-state index contributed by atoms with van der Waals surface area (Å²) in [4.78, 5) is 2.95. The van der Waals surface area contributed by atoms with Crippen LogP contribution in [0.5, 0.6) is 0 Å². The zero-order chi connectivity index (χ0) is 19.4. The van der Waals surface area contributed by atoms with E-state index in [1.165, 1.54) is 96.6 Å². The fourth-order valence-corrected chi connectivity index (χ4v) is 8.83. The molecule has 0 N–H and O–H groups in total. The highest BCUT2D eigenvalue weighted by Gasteiger charge is 2.46. The third-order valence-corrected chi connectivity index (χ3v) is 10.9. The Kier molecular flexibility index (Phi) is 4.79. The van der Waals surface area contributed by atoms with Crippen molar-refractivity contribution in [2.24, 2.45) is 22.2 Å². The van der Waals surface area contributed by atoms with Crippen LogP contribution in [0.25, 0.3) is 0 Å². The molecule has 29 heavy (non-hydrogen) atoms. The Hall–Kier alpha value is -0.560. The Bertz CT molecular complexity index is 652. The van der Waals surface area contributed by atoms with E-state index >= 15 is 0 Å². The van der Waals surface area contributed by atoms with Gasteiger partial charge in [-0.3, -0.25) is 0 Å². The summed E-state index contributed by atoms with van der Waals surface area (Å²) in [5, 5.41) is 0. The van der Waals surface area contributed by atoms with E-state index in [2.05, 4.69) is 23.1 Å². The Morgan fingerprint density at radius 3 is 2.10 bits per heavy atom. The van der Waals surface area contributed by atoms with Crippen molar-refractivity contribution in [2.45, 2.75) is 115 Å². The molecule has 3 spiro atoms. The van der Waals surface area contributed by atoms with Gasteiger partial charge in [0.15, 0.2) is 0 Å². The van der Waals surface area contributed by atoms with Gasteiger partial charge in [0.2, 0.25) is 0 Å². The zero-order valence-corrected chi connectivity index (χ0v) is 18.8. The minimum atomic E-state index is 0.633. The summed E-state index contributed by atoms with van der Waals surface area (Å²) >= 11 is 0. The first-order valence-electron chi connectivity index (χ1n) is 13.3. The molecule has 1 saturated heterocycles. The van der Waals surface area contributed by atoms with Crippen LogP contribution in [-0.4, -0.2) is 24.0 Å². The molecule has 1 atom stereocenters. The molecule has 160 valence electrons. The molecule has 0 aromatic rings. The van der Waals surface area contributed by atoms with E-state index in [-0.39, 0.29) is 0 Å². The van der Waals surface area contributed by atoms with Gasteiger partial charge in [-0.2, -0.15) is 0 Å². The highest BCUT2D eigenvalue weighted by atomic mass is 15.2. The van der Waals surface area contributed by atoms with E-state index in [1.54, 1.807) is 25.7 Å². The first-order valence-corrected chi connectivity index (χ1v) is 13.3. The smallest absolute Gasteiger partial charge is 0.0101 e. The van der Waals surface area contributed by atoms with Crippen LogP contribution in [-0.2, 0) is 0 Å². The summed E-state index contributed by atoms with van der Waals surface area (Å²) in [5.74, 6) is 0.942. The van der Waals surface area contributed by atoms with Crippen LogP contribution in [0, 0.1) is 22.2 Å². The van der Waals surface area contributed by atoms with E-state index in [4.69, 9.17) is 0 Å². The van der Waals surface area contributed by atoms with E-state index in [0.717, 1.165) is 22.8 Å². The molecule has 0 radical (unpaired) electrons. The third-order valence-electron chi connectivity index (χ3n) is 10.9. The van der Waals surface area contributed by atoms with Crippen LogP contribution in [0.3, 0.4) is 0 Å². The topological polar surface area (TPSA) is 3.24 Å². The molecule has 0 aromatic carbocycles. The van der Waals surface area contributed by atoms with Gasteiger partial charge in [0.05, 0.1) is 0 Å². The molecular weight excluding hydrogens is 350 g/mol. The molecule has 1 heteroatoms. The standard InChI is InChI=1S/C28H43N/c1-2-10-26(9-1)17-19-29(20-18-26)25-8-16-28(22-25)13-5-23(6-14-28)24-7-15-27(21-24)11-3-4-12-27/h3-4,7,23,25H,1-2,5-6,8-22H2. The summed E-state index contributed by atoms with van der Waals surface area (Å²) in [7, 11) is 0. The summed E-state index contributed by atoms with van der Waals surface area (Å²) in [6.45, 7) is 2.85. The Balaban J connectivity index is 1.01. The number of nitrogens with zero attached hydrogens (tertiary/aromatic N) is 1. The zero-order valence-electron chi connectivity index (χ0n) is 18.8. The largest absolute Gasteiger partial charge is 0.300 e. The number of hydrogen-bond donors (Lipinski definition) is 0. The molecule has 3 saturated carbocycles. The maximum absolute atomic E-state index is 2.95. The van der Waals surface area contributed by atoms with Crippen molar-refractivity contribution >= 4 is 0 Å². The third kappa shape index (κ3) is 3.48. The minimum absolute atomic E-state index is 0.633. The molecule has 6 aliphatic rings. The maximum atomic E-state index is 2.95. The average molecular weight is 394 g/mol. The van der Waals surface area contributed by atoms with Crippen molar-refractivity contribution in [2.75, 3.05) is 13.1 Å². The fourth-order valence-electron chi connectivity index (χ4n) is 8.83. The van der Waals surface area contributed by atoms with Gasteiger partial charge in [-0.15, -0.1) is 0 Å². The van der Waals surface area contributed by atoms with Gasteiger partial charge >= 0.3 is 0 Å². The molecule has 1 aliphatic heterocycles. The van der Waals surface area contributed by atoms with Crippen LogP contribution in [0.1, 0.15) is 109 Å². The lowest BCUT2D eigenvalue weighted by molar-refractivity contribution is 0.0674. The monoisotopic (exact) mass is 393 g/mol. The Morgan fingerprint density at radius 2 is 1.38 bits per heavy atom. The predicted molar refractivity (Wildman–Crippen MR) is 122 cm³/mol. The van der Waals surface area contributed by atoms with Crippen molar-refractivity contribution in [1.82, 2.24) is 4.90 Å². The lowest BCUT2D eigenvalue weighted by atomic mass is 9.67. The minimum Gasteiger partial charge on any atom is -0.300 e. The molecule has 6 rings (SSSR count). The second kappa shape index (κ2) is 7.25. The molecular formula is C28H43N. The predicted octanol–water partition coefficient (Wildman–Crippen LogP) is 7.43. The normalized spacial score (nSPS) is 41.2. The summed E-state index contributed by atoms with van der Waals surface area (Å²) in [6, 6.07) is 0.934. The molecule has 5 aliphatic carbocycles. The first kappa shape index (κ1) is 19.1. The van der Waals surface area contributed by atoms with E-state index in [0.29, 0.717) is 5.41 Å². The fraction of sp³-hybridized carbons (Fsp3) is 0.857. The average Bonchev–Trinajstić information content (AvgIpc) is 3.54. The SMILES string of the molecule is C1=CCC2(C1)CC=C(C1CCC3(CC1)CCC(N1CCC4(CCCC4)CC1)C3)C2. The molecule has 1 nitrogen and oxygen atoms in total. The van der Waals surface area contributed by atoms with Crippen molar-refractivity contribution in [3.05, 3.63) is 23.8 Å². The van der Waals surface area contributed by atoms with Gasteiger partial charge in [-0.25, -0.2) is 0 Å². The van der Waals surface area contributed by atoms with E-state index in [1.807, 2.05) is 5.57 Å². The van der Waals surface area contributed by atoms with Crippen molar-refractivity contribution in [3.8, 4) is 0 Å². The summed E-state index contributed by atoms with van der Waals surface area (Å²) < 4.78 is 0. The highest BCUT2D eigenvalue weighted by Crippen LogP contribution is 2.56. The van der Waals surface area contributed by atoms with Crippen LogP contribution in [0.4, 0.5) is 0 Å².